The molecule has 0 aliphatic rings. The van der Waals surface area contributed by atoms with Crippen molar-refractivity contribution >= 4 is 17.6 Å². The van der Waals surface area contributed by atoms with E-state index in [9.17, 15) is 9.18 Å². The van der Waals surface area contributed by atoms with Crippen molar-refractivity contribution in [3.05, 3.63) is 58.4 Å². The number of methoxy groups -OCH3 is 1. The third kappa shape index (κ3) is 3.64. The van der Waals surface area contributed by atoms with E-state index in [0.717, 1.165) is 0 Å². The van der Waals surface area contributed by atoms with Crippen molar-refractivity contribution in [2.24, 2.45) is 0 Å². The minimum absolute atomic E-state index is 0.00467. The fraction of sp³-hybridized carbons (Fsp3) is 0.133. The van der Waals surface area contributed by atoms with Gasteiger partial charge in [-0.1, -0.05) is 23.7 Å². The number of carbonyl (C=O) groups is 1. The Hall–Kier alpha value is -2.27. The smallest absolute Gasteiger partial charge is 0.335 e. The summed E-state index contributed by atoms with van der Waals surface area (Å²) in [6, 6.07) is 8.53. The lowest BCUT2D eigenvalue weighted by Crippen LogP contribution is -2.02. The molecule has 0 aliphatic heterocycles. The molecule has 4 nitrogen and oxygen atoms in total. The van der Waals surface area contributed by atoms with Crippen LogP contribution < -0.4 is 9.47 Å². The zero-order valence-electron chi connectivity index (χ0n) is 11.1. The molecule has 2 aromatic rings. The SMILES string of the molecule is COc1cc(C(=O)O)cc(Cl)c1OCc1cccc(F)c1. The number of hydrogen-bond donors (Lipinski definition) is 1. The highest BCUT2D eigenvalue weighted by atomic mass is 35.5. The normalized spacial score (nSPS) is 10.2. The van der Waals surface area contributed by atoms with Crippen molar-refractivity contribution in [1.29, 1.82) is 0 Å². The first kappa shape index (κ1) is 15.1. The summed E-state index contributed by atoms with van der Waals surface area (Å²) in [6.45, 7) is 0.0836. The van der Waals surface area contributed by atoms with Crippen LogP contribution in [0.5, 0.6) is 11.5 Å². The second-order valence-electron chi connectivity index (χ2n) is 4.21. The van der Waals surface area contributed by atoms with Gasteiger partial charge >= 0.3 is 5.97 Å². The number of ether oxygens (including phenoxy) is 2. The maximum absolute atomic E-state index is 13.1. The van der Waals surface area contributed by atoms with E-state index in [-0.39, 0.29) is 34.5 Å². The zero-order chi connectivity index (χ0) is 15.4. The van der Waals surface area contributed by atoms with Crippen molar-refractivity contribution in [3.8, 4) is 11.5 Å². The Morgan fingerprint density at radius 3 is 2.71 bits per heavy atom. The largest absolute Gasteiger partial charge is 0.493 e. The monoisotopic (exact) mass is 310 g/mol. The van der Waals surface area contributed by atoms with Crippen LogP contribution in [-0.4, -0.2) is 18.2 Å². The van der Waals surface area contributed by atoms with Gasteiger partial charge in [0.1, 0.15) is 12.4 Å². The Morgan fingerprint density at radius 2 is 2.10 bits per heavy atom. The molecule has 21 heavy (non-hydrogen) atoms. The predicted octanol–water partition coefficient (Wildman–Crippen LogP) is 3.76. The van der Waals surface area contributed by atoms with Crippen LogP contribution in [0.15, 0.2) is 36.4 Å². The molecule has 0 saturated carbocycles. The molecule has 0 bridgehead atoms. The van der Waals surface area contributed by atoms with E-state index < -0.39 is 5.97 Å². The van der Waals surface area contributed by atoms with Crippen molar-refractivity contribution in [1.82, 2.24) is 0 Å². The van der Waals surface area contributed by atoms with E-state index in [1.165, 1.54) is 31.4 Å². The molecule has 0 heterocycles. The highest BCUT2D eigenvalue weighted by Crippen LogP contribution is 2.37. The van der Waals surface area contributed by atoms with E-state index in [1.54, 1.807) is 12.1 Å². The molecule has 0 amide bonds. The fourth-order valence-corrected chi connectivity index (χ4v) is 2.03. The molecule has 2 rings (SSSR count). The van der Waals surface area contributed by atoms with Gasteiger partial charge in [0.15, 0.2) is 11.5 Å². The molecule has 0 radical (unpaired) electrons. The maximum atomic E-state index is 13.1. The first-order valence-electron chi connectivity index (χ1n) is 5.99. The first-order chi connectivity index (χ1) is 10.0. The van der Waals surface area contributed by atoms with E-state index in [1.807, 2.05) is 0 Å². The molecule has 0 saturated heterocycles. The van der Waals surface area contributed by atoms with Gasteiger partial charge in [-0.25, -0.2) is 9.18 Å². The first-order valence-corrected chi connectivity index (χ1v) is 6.37. The number of rotatable bonds is 5. The fourth-order valence-electron chi connectivity index (χ4n) is 1.77. The van der Waals surface area contributed by atoms with Crippen LogP contribution in [0.1, 0.15) is 15.9 Å². The third-order valence-corrected chi connectivity index (χ3v) is 3.03. The molecule has 1 N–H and O–H groups in total. The number of aromatic carboxylic acids is 1. The molecule has 110 valence electrons. The summed E-state index contributed by atoms with van der Waals surface area (Å²) in [5.74, 6) is -1.06. The summed E-state index contributed by atoms with van der Waals surface area (Å²) in [5, 5.41) is 9.08. The van der Waals surface area contributed by atoms with E-state index in [4.69, 9.17) is 26.2 Å². The Morgan fingerprint density at radius 1 is 1.33 bits per heavy atom. The molecule has 0 fully saturated rings. The summed E-state index contributed by atoms with van der Waals surface area (Å²) in [7, 11) is 1.38. The van der Waals surface area contributed by atoms with Crippen molar-refractivity contribution in [2.75, 3.05) is 7.11 Å². The lowest BCUT2D eigenvalue weighted by molar-refractivity contribution is 0.0696. The molecule has 0 atom stereocenters. The van der Waals surface area contributed by atoms with Crippen LogP contribution in [0.25, 0.3) is 0 Å². The topological polar surface area (TPSA) is 55.8 Å². The van der Waals surface area contributed by atoms with Gasteiger partial charge in [-0.05, 0) is 29.8 Å². The molecule has 0 spiro atoms. The number of hydrogen-bond acceptors (Lipinski definition) is 3. The van der Waals surface area contributed by atoms with Gasteiger partial charge in [-0.3, -0.25) is 0 Å². The lowest BCUT2D eigenvalue weighted by atomic mass is 10.2. The van der Waals surface area contributed by atoms with Crippen LogP contribution in [0.2, 0.25) is 5.02 Å². The van der Waals surface area contributed by atoms with Crippen LogP contribution in [0, 0.1) is 5.82 Å². The van der Waals surface area contributed by atoms with Gasteiger partial charge in [-0.15, -0.1) is 0 Å². The quantitative estimate of drug-likeness (QED) is 0.913. The Kier molecular flexibility index (Phi) is 4.65. The second-order valence-corrected chi connectivity index (χ2v) is 4.62. The maximum Gasteiger partial charge on any atom is 0.335 e. The minimum Gasteiger partial charge on any atom is -0.493 e. The molecule has 0 unspecified atom stereocenters. The Bertz CT molecular complexity index is 673. The number of benzene rings is 2. The van der Waals surface area contributed by atoms with E-state index in [2.05, 4.69) is 0 Å². The van der Waals surface area contributed by atoms with Crippen LogP contribution in [0.3, 0.4) is 0 Å². The van der Waals surface area contributed by atoms with Gasteiger partial charge < -0.3 is 14.6 Å². The van der Waals surface area contributed by atoms with Gasteiger partial charge in [0, 0.05) is 0 Å². The van der Waals surface area contributed by atoms with Crippen LogP contribution in [-0.2, 0) is 6.61 Å². The Balaban J connectivity index is 2.25. The van der Waals surface area contributed by atoms with Gasteiger partial charge in [0.05, 0.1) is 17.7 Å². The predicted molar refractivity (Wildman–Crippen MR) is 75.7 cm³/mol. The summed E-state index contributed by atoms with van der Waals surface area (Å²) in [4.78, 5) is 11.0. The molecule has 2 aromatic carbocycles. The highest BCUT2D eigenvalue weighted by molar-refractivity contribution is 6.32. The standard InChI is InChI=1S/C15H12ClFO4/c1-20-13-7-10(15(18)19)6-12(16)14(13)21-8-9-3-2-4-11(17)5-9/h2-7H,8H2,1H3,(H,18,19). The van der Waals surface area contributed by atoms with Gasteiger partial charge in [0.25, 0.3) is 0 Å². The average Bonchev–Trinajstić information content (AvgIpc) is 2.45. The number of halogens is 2. The average molecular weight is 311 g/mol. The minimum atomic E-state index is -1.12. The summed E-state index contributed by atoms with van der Waals surface area (Å²) < 4.78 is 23.7. The molecule has 0 aromatic heterocycles. The molecule has 6 heteroatoms. The van der Waals surface area contributed by atoms with Crippen molar-refractivity contribution in [3.63, 3.8) is 0 Å². The molecule has 0 aliphatic carbocycles. The summed E-state index contributed by atoms with van der Waals surface area (Å²) >= 11 is 6.01. The summed E-state index contributed by atoms with van der Waals surface area (Å²) in [6.07, 6.45) is 0. The van der Waals surface area contributed by atoms with Crippen LogP contribution in [0.4, 0.5) is 4.39 Å². The zero-order valence-corrected chi connectivity index (χ0v) is 11.9. The Labute approximate surface area is 125 Å². The van der Waals surface area contributed by atoms with Gasteiger partial charge in [-0.2, -0.15) is 0 Å². The number of carboxylic acid groups (broad SMARTS) is 1. The van der Waals surface area contributed by atoms with E-state index in [0.29, 0.717) is 5.56 Å². The van der Waals surface area contributed by atoms with Gasteiger partial charge in [0.2, 0.25) is 0 Å². The van der Waals surface area contributed by atoms with E-state index >= 15 is 0 Å². The third-order valence-electron chi connectivity index (χ3n) is 2.75. The number of carboxylic acids is 1. The lowest BCUT2D eigenvalue weighted by Gasteiger charge is -2.13. The molecular formula is C15H12ClFO4. The second kappa shape index (κ2) is 6.45. The van der Waals surface area contributed by atoms with Crippen LogP contribution >= 0.6 is 11.6 Å². The summed E-state index contributed by atoms with van der Waals surface area (Å²) in [5.41, 5.74) is 0.616. The molecular weight excluding hydrogens is 299 g/mol. The van der Waals surface area contributed by atoms with Crippen molar-refractivity contribution < 1.29 is 23.8 Å². The highest BCUT2D eigenvalue weighted by Gasteiger charge is 2.15. The van der Waals surface area contributed by atoms with Crippen molar-refractivity contribution in [2.45, 2.75) is 6.61 Å².